The van der Waals surface area contributed by atoms with Crippen LogP contribution in [0.3, 0.4) is 0 Å². The van der Waals surface area contributed by atoms with Crippen LogP contribution in [0.4, 0.5) is 5.69 Å². The number of hydrogen-bond acceptors (Lipinski definition) is 4. The van der Waals surface area contributed by atoms with Crippen LogP contribution in [0.25, 0.3) is 0 Å². The second-order valence-electron chi connectivity index (χ2n) is 7.02. The maximum atomic E-state index is 10.5. The number of benzene rings is 3. The van der Waals surface area contributed by atoms with Crippen molar-refractivity contribution in [1.29, 1.82) is 0 Å². The molecule has 28 heavy (non-hydrogen) atoms. The minimum absolute atomic E-state index is 0.0359. The van der Waals surface area contributed by atoms with Gasteiger partial charge in [0.05, 0.1) is 13.2 Å². The van der Waals surface area contributed by atoms with E-state index in [0.717, 1.165) is 37.5 Å². The smallest absolute Gasteiger partial charge is 0.120 e. The highest BCUT2D eigenvalue weighted by Gasteiger charge is 2.28. The average Bonchev–Trinajstić information content (AvgIpc) is 2.77. The minimum atomic E-state index is 0.0359. The Morgan fingerprint density at radius 3 is 2.21 bits per heavy atom. The molecule has 4 heteroatoms. The summed E-state index contributed by atoms with van der Waals surface area (Å²) in [6.07, 6.45) is 0. The number of piperazine rings is 1. The first-order valence-electron chi connectivity index (χ1n) is 9.63. The summed E-state index contributed by atoms with van der Waals surface area (Å²) < 4.78 is 5.26. The molecule has 1 aliphatic heterocycles. The van der Waals surface area contributed by atoms with Crippen molar-refractivity contribution >= 4 is 5.69 Å². The molecule has 0 amide bonds. The molecular formula is C24H25N2O2. The van der Waals surface area contributed by atoms with Crippen molar-refractivity contribution in [3.8, 4) is 11.5 Å². The molecule has 4 rings (SSSR count). The van der Waals surface area contributed by atoms with Gasteiger partial charge in [-0.2, -0.15) is 0 Å². The lowest BCUT2D eigenvalue weighted by Gasteiger charge is -2.40. The first-order valence-corrected chi connectivity index (χ1v) is 9.63. The van der Waals surface area contributed by atoms with E-state index in [1.54, 1.807) is 13.2 Å². The Kier molecular flexibility index (Phi) is 5.49. The van der Waals surface area contributed by atoms with Crippen LogP contribution in [-0.4, -0.2) is 43.3 Å². The Hall–Kier alpha value is -2.98. The molecule has 1 heterocycles. The Morgan fingerprint density at radius 1 is 0.893 bits per heavy atom. The standard InChI is InChI=1S/C24H25N2O2/c1-28-21-13-11-20(12-14-21)25-15-17-26(18-16-25)24(19-7-3-2-4-8-19)22-9-5-6-10-23(22)27/h3-14,24,27H,15-18H2,1H3. The number of phenols is 1. The van der Waals surface area contributed by atoms with Gasteiger partial charge in [-0.15, -0.1) is 0 Å². The fourth-order valence-corrected chi connectivity index (χ4v) is 3.92. The number of ether oxygens (including phenoxy) is 1. The minimum Gasteiger partial charge on any atom is -0.508 e. The average molecular weight is 373 g/mol. The van der Waals surface area contributed by atoms with E-state index in [2.05, 4.69) is 40.1 Å². The molecule has 1 aliphatic rings. The van der Waals surface area contributed by atoms with Crippen LogP contribution in [0.2, 0.25) is 0 Å². The second kappa shape index (κ2) is 8.36. The number of aromatic hydroxyl groups is 1. The normalized spacial score (nSPS) is 16.0. The third-order valence-corrected chi connectivity index (χ3v) is 5.41. The molecule has 0 aromatic heterocycles. The van der Waals surface area contributed by atoms with Gasteiger partial charge in [-0.3, -0.25) is 4.90 Å². The van der Waals surface area contributed by atoms with Crippen molar-refractivity contribution in [2.45, 2.75) is 6.04 Å². The van der Waals surface area contributed by atoms with Crippen LogP contribution in [0.15, 0.2) is 72.8 Å². The Morgan fingerprint density at radius 2 is 1.57 bits per heavy atom. The zero-order valence-electron chi connectivity index (χ0n) is 16.1. The van der Waals surface area contributed by atoms with E-state index in [0.29, 0.717) is 5.75 Å². The van der Waals surface area contributed by atoms with E-state index >= 15 is 0 Å². The number of rotatable bonds is 5. The van der Waals surface area contributed by atoms with Crippen molar-refractivity contribution in [1.82, 2.24) is 4.90 Å². The number of phenolic OH excluding ortho intramolecular Hbond substituents is 1. The predicted octanol–water partition coefficient (Wildman–Crippen LogP) is 4.11. The number of para-hydroxylation sites is 1. The number of anilines is 1. The van der Waals surface area contributed by atoms with Gasteiger partial charge in [-0.1, -0.05) is 42.5 Å². The van der Waals surface area contributed by atoms with Crippen LogP contribution in [0.1, 0.15) is 17.2 Å². The largest absolute Gasteiger partial charge is 0.508 e. The van der Waals surface area contributed by atoms with Gasteiger partial charge in [0.2, 0.25) is 0 Å². The first kappa shape index (κ1) is 18.4. The second-order valence-corrected chi connectivity index (χ2v) is 7.02. The lowest BCUT2D eigenvalue weighted by Crippen LogP contribution is -2.48. The molecule has 0 bridgehead atoms. The summed E-state index contributed by atoms with van der Waals surface area (Å²) in [6, 6.07) is 27.1. The summed E-state index contributed by atoms with van der Waals surface area (Å²) in [5.41, 5.74) is 3.35. The molecule has 1 fully saturated rings. The molecule has 1 atom stereocenters. The zero-order valence-corrected chi connectivity index (χ0v) is 16.1. The zero-order chi connectivity index (χ0) is 19.3. The highest BCUT2D eigenvalue weighted by molar-refractivity contribution is 5.50. The first-order chi connectivity index (χ1) is 13.8. The summed E-state index contributed by atoms with van der Waals surface area (Å²) in [5, 5.41) is 10.5. The Bertz CT molecular complexity index is 888. The Labute approximate surface area is 166 Å². The number of nitrogens with zero attached hydrogens (tertiary/aromatic N) is 2. The molecule has 1 unspecified atom stereocenters. The van der Waals surface area contributed by atoms with E-state index in [1.807, 2.05) is 42.5 Å². The SMILES string of the molecule is COc1ccc(N2CCN(C(c3cc[c]cc3)c3ccccc3O)CC2)cc1. The van der Waals surface area contributed by atoms with E-state index in [1.165, 1.54) is 11.3 Å². The fourth-order valence-electron chi connectivity index (χ4n) is 3.92. The van der Waals surface area contributed by atoms with E-state index in [4.69, 9.17) is 4.74 Å². The topological polar surface area (TPSA) is 35.9 Å². The van der Waals surface area contributed by atoms with Crippen molar-refractivity contribution in [2.24, 2.45) is 0 Å². The third kappa shape index (κ3) is 3.82. The third-order valence-electron chi connectivity index (χ3n) is 5.41. The molecule has 143 valence electrons. The molecule has 3 aromatic carbocycles. The molecular weight excluding hydrogens is 348 g/mol. The summed E-state index contributed by atoms with van der Waals surface area (Å²) in [7, 11) is 1.69. The number of methoxy groups -OCH3 is 1. The van der Waals surface area contributed by atoms with Gasteiger partial charge in [0.25, 0.3) is 0 Å². The summed E-state index contributed by atoms with van der Waals surface area (Å²) in [4.78, 5) is 4.85. The van der Waals surface area contributed by atoms with Crippen molar-refractivity contribution < 1.29 is 9.84 Å². The van der Waals surface area contributed by atoms with Crippen LogP contribution in [-0.2, 0) is 0 Å². The maximum absolute atomic E-state index is 10.5. The van der Waals surface area contributed by atoms with Crippen molar-refractivity contribution in [2.75, 3.05) is 38.2 Å². The van der Waals surface area contributed by atoms with Gasteiger partial charge in [0, 0.05) is 37.4 Å². The van der Waals surface area contributed by atoms with Crippen LogP contribution >= 0.6 is 0 Å². The maximum Gasteiger partial charge on any atom is 0.120 e. The molecule has 0 spiro atoms. The van der Waals surface area contributed by atoms with Crippen LogP contribution < -0.4 is 9.64 Å². The van der Waals surface area contributed by atoms with E-state index in [-0.39, 0.29) is 6.04 Å². The highest BCUT2D eigenvalue weighted by Crippen LogP contribution is 2.35. The van der Waals surface area contributed by atoms with Gasteiger partial charge in [-0.05, 0) is 42.0 Å². The molecule has 1 N–H and O–H groups in total. The van der Waals surface area contributed by atoms with Gasteiger partial charge >= 0.3 is 0 Å². The molecule has 0 aliphatic carbocycles. The van der Waals surface area contributed by atoms with Crippen molar-refractivity contribution in [3.05, 3.63) is 90.0 Å². The quantitative estimate of drug-likeness (QED) is 0.730. The predicted molar refractivity (Wildman–Crippen MR) is 112 cm³/mol. The van der Waals surface area contributed by atoms with Crippen LogP contribution in [0.5, 0.6) is 11.5 Å². The van der Waals surface area contributed by atoms with Gasteiger partial charge < -0.3 is 14.7 Å². The number of hydrogen-bond donors (Lipinski definition) is 1. The Balaban J connectivity index is 1.55. The summed E-state index contributed by atoms with van der Waals surface area (Å²) >= 11 is 0. The lowest BCUT2D eigenvalue weighted by molar-refractivity contribution is 0.209. The molecule has 1 radical (unpaired) electrons. The molecule has 1 saturated heterocycles. The highest BCUT2D eigenvalue weighted by atomic mass is 16.5. The molecule has 3 aromatic rings. The lowest BCUT2D eigenvalue weighted by atomic mass is 9.95. The fraction of sp³-hybridized carbons (Fsp3) is 0.250. The van der Waals surface area contributed by atoms with Crippen LogP contribution in [0, 0.1) is 6.07 Å². The summed E-state index contributed by atoms with van der Waals surface area (Å²) in [6.45, 7) is 3.72. The van der Waals surface area contributed by atoms with Crippen molar-refractivity contribution in [3.63, 3.8) is 0 Å². The van der Waals surface area contributed by atoms with Gasteiger partial charge in [0.15, 0.2) is 0 Å². The summed E-state index contributed by atoms with van der Waals surface area (Å²) in [5.74, 6) is 1.22. The van der Waals surface area contributed by atoms with E-state index < -0.39 is 0 Å². The van der Waals surface area contributed by atoms with Gasteiger partial charge in [-0.25, -0.2) is 0 Å². The molecule has 4 nitrogen and oxygen atoms in total. The monoisotopic (exact) mass is 373 g/mol. The van der Waals surface area contributed by atoms with E-state index in [9.17, 15) is 5.11 Å². The molecule has 0 saturated carbocycles. The van der Waals surface area contributed by atoms with Gasteiger partial charge in [0.1, 0.15) is 11.5 Å².